The second-order valence-corrected chi connectivity index (χ2v) is 3.86. The van der Waals surface area contributed by atoms with Crippen LogP contribution >= 0.6 is 0 Å². The third kappa shape index (κ3) is 3.93. The van der Waals surface area contributed by atoms with Crippen molar-refractivity contribution in [3.05, 3.63) is 29.3 Å². The molecule has 16 heavy (non-hydrogen) atoms. The summed E-state index contributed by atoms with van der Waals surface area (Å²) < 4.78 is 4.86. The highest BCUT2D eigenvalue weighted by Crippen LogP contribution is 2.16. The van der Waals surface area contributed by atoms with Crippen LogP contribution in [0.25, 0.3) is 0 Å². The van der Waals surface area contributed by atoms with Crippen molar-refractivity contribution in [2.24, 2.45) is 0 Å². The van der Waals surface area contributed by atoms with Crippen molar-refractivity contribution in [1.82, 2.24) is 0 Å². The van der Waals surface area contributed by atoms with Crippen molar-refractivity contribution in [2.75, 3.05) is 12.3 Å². The van der Waals surface area contributed by atoms with Gasteiger partial charge in [0.1, 0.15) is 0 Å². The quantitative estimate of drug-likeness (QED) is 0.614. The number of hydrogen-bond acceptors (Lipinski definition) is 3. The number of hydrogen-bond donors (Lipinski definition) is 1. The lowest BCUT2D eigenvalue weighted by Crippen LogP contribution is -2.04. The predicted molar refractivity (Wildman–Crippen MR) is 65.2 cm³/mol. The summed E-state index contributed by atoms with van der Waals surface area (Å²) in [5, 5.41) is 0. The molecule has 2 N–H and O–H groups in total. The molecule has 0 aliphatic heterocycles. The van der Waals surface area contributed by atoms with Gasteiger partial charge in [-0.1, -0.05) is 17.7 Å². The normalized spacial score (nSPS) is 10.1. The summed E-state index contributed by atoms with van der Waals surface area (Å²) in [6.45, 7) is 4.30. The fraction of sp³-hybridized carbons (Fsp3) is 0.462. The number of aryl methyl sites for hydroxylation is 2. The molecule has 0 heterocycles. The van der Waals surface area contributed by atoms with E-state index in [0.29, 0.717) is 13.0 Å². The molecule has 0 aliphatic carbocycles. The molecular weight excluding hydrogens is 202 g/mol. The van der Waals surface area contributed by atoms with E-state index < -0.39 is 0 Å². The molecule has 3 nitrogen and oxygen atoms in total. The molecule has 0 atom stereocenters. The maximum atomic E-state index is 11.1. The van der Waals surface area contributed by atoms with Gasteiger partial charge >= 0.3 is 5.97 Å². The average molecular weight is 221 g/mol. The summed E-state index contributed by atoms with van der Waals surface area (Å²) in [5.41, 5.74) is 8.96. The van der Waals surface area contributed by atoms with E-state index >= 15 is 0 Å². The van der Waals surface area contributed by atoms with Gasteiger partial charge in [-0.2, -0.15) is 0 Å². The Morgan fingerprint density at radius 2 is 2.19 bits per heavy atom. The average Bonchev–Trinajstić information content (AvgIpc) is 2.23. The molecule has 0 amide bonds. The van der Waals surface area contributed by atoms with Gasteiger partial charge in [-0.25, -0.2) is 0 Å². The van der Waals surface area contributed by atoms with Gasteiger partial charge in [0.2, 0.25) is 0 Å². The first-order chi connectivity index (χ1) is 7.63. The summed E-state index contributed by atoms with van der Waals surface area (Å²) >= 11 is 0. The van der Waals surface area contributed by atoms with Gasteiger partial charge in [-0.15, -0.1) is 0 Å². The Kier molecular flexibility index (Phi) is 4.83. The van der Waals surface area contributed by atoms with Crippen LogP contribution < -0.4 is 5.73 Å². The number of carbonyl (C=O) groups excluding carboxylic acids is 1. The number of nitrogens with two attached hydrogens (primary N) is 1. The predicted octanol–water partition coefficient (Wildman–Crippen LogP) is 2.46. The second kappa shape index (κ2) is 6.16. The zero-order valence-electron chi connectivity index (χ0n) is 9.95. The molecule has 0 spiro atoms. The molecule has 0 saturated carbocycles. The Balaban J connectivity index is 2.42. The monoisotopic (exact) mass is 221 g/mol. The highest BCUT2D eigenvalue weighted by molar-refractivity contribution is 5.69. The van der Waals surface area contributed by atoms with Crippen LogP contribution in [0.15, 0.2) is 18.2 Å². The molecule has 3 heteroatoms. The van der Waals surface area contributed by atoms with Gasteiger partial charge in [0.05, 0.1) is 6.61 Å². The van der Waals surface area contributed by atoms with Crippen molar-refractivity contribution in [3.63, 3.8) is 0 Å². The standard InChI is InChI=1S/C13H19NO2/c1-3-16-13(15)6-4-5-11-9-10(2)7-8-12(11)14/h7-9H,3-6,14H2,1-2H3. The Morgan fingerprint density at radius 1 is 1.44 bits per heavy atom. The molecule has 1 aromatic carbocycles. The number of anilines is 1. The first-order valence-electron chi connectivity index (χ1n) is 5.64. The van der Waals surface area contributed by atoms with E-state index in [9.17, 15) is 4.79 Å². The fourth-order valence-electron chi connectivity index (χ4n) is 1.61. The van der Waals surface area contributed by atoms with Crippen LogP contribution in [0.3, 0.4) is 0 Å². The summed E-state index contributed by atoms with van der Waals surface area (Å²) in [4.78, 5) is 11.1. The van der Waals surface area contributed by atoms with Gasteiger partial charge in [0.15, 0.2) is 0 Å². The zero-order valence-corrected chi connectivity index (χ0v) is 9.95. The number of ether oxygens (including phenoxy) is 1. The van der Waals surface area contributed by atoms with Crippen LogP contribution in [0.2, 0.25) is 0 Å². The first-order valence-corrected chi connectivity index (χ1v) is 5.64. The Hall–Kier alpha value is -1.51. The number of rotatable bonds is 5. The fourth-order valence-corrected chi connectivity index (χ4v) is 1.61. The highest BCUT2D eigenvalue weighted by atomic mass is 16.5. The molecule has 0 saturated heterocycles. The molecule has 88 valence electrons. The van der Waals surface area contributed by atoms with Gasteiger partial charge in [-0.05, 0) is 38.3 Å². The van der Waals surface area contributed by atoms with Crippen LogP contribution in [-0.4, -0.2) is 12.6 Å². The Labute approximate surface area is 96.6 Å². The molecule has 0 aliphatic rings. The molecule has 1 aromatic rings. The van der Waals surface area contributed by atoms with E-state index in [2.05, 4.69) is 6.07 Å². The minimum atomic E-state index is -0.131. The van der Waals surface area contributed by atoms with Crippen LogP contribution in [0.5, 0.6) is 0 Å². The second-order valence-electron chi connectivity index (χ2n) is 3.86. The molecule has 0 unspecified atom stereocenters. The third-order valence-electron chi connectivity index (χ3n) is 2.43. The van der Waals surface area contributed by atoms with E-state index in [4.69, 9.17) is 10.5 Å². The number of benzene rings is 1. The van der Waals surface area contributed by atoms with Crippen LogP contribution in [0.4, 0.5) is 5.69 Å². The van der Waals surface area contributed by atoms with Crippen molar-refractivity contribution >= 4 is 11.7 Å². The van der Waals surface area contributed by atoms with Gasteiger partial charge in [-0.3, -0.25) is 4.79 Å². The van der Waals surface area contributed by atoms with Gasteiger partial charge in [0, 0.05) is 12.1 Å². The van der Waals surface area contributed by atoms with Crippen molar-refractivity contribution < 1.29 is 9.53 Å². The topological polar surface area (TPSA) is 52.3 Å². The highest BCUT2D eigenvalue weighted by Gasteiger charge is 2.04. The lowest BCUT2D eigenvalue weighted by atomic mass is 10.0. The number of esters is 1. The molecule has 0 radical (unpaired) electrons. The zero-order chi connectivity index (χ0) is 12.0. The van der Waals surface area contributed by atoms with Crippen LogP contribution in [-0.2, 0) is 16.0 Å². The van der Waals surface area contributed by atoms with Crippen LogP contribution in [0.1, 0.15) is 30.9 Å². The number of nitrogen functional groups attached to an aromatic ring is 1. The molecule has 0 fully saturated rings. The maximum absolute atomic E-state index is 11.1. The van der Waals surface area contributed by atoms with Crippen LogP contribution in [0, 0.1) is 6.92 Å². The van der Waals surface area contributed by atoms with E-state index in [1.165, 1.54) is 5.56 Å². The smallest absolute Gasteiger partial charge is 0.305 e. The SMILES string of the molecule is CCOC(=O)CCCc1cc(C)ccc1N. The van der Waals surface area contributed by atoms with Gasteiger partial charge < -0.3 is 10.5 Å². The summed E-state index contributed by atoms with van der Waals surface area (Å²) in [6.07, 6.45) is 2.07. The minimum absolute atomic E-state index is 0.131. The largest absolute Gasteiger partial charge is 0.466 e. The summed E-state index contributed by atoms with van der Waals surface area (Å²) in [6, 6.07) is 5.97. The third-order valence-corrected chi connectivity index (χ3v) is 2.43. The van der Waals surface area contributed by atoms with Crippen molar-refractivity contribution in [1.29, 1.82) is 0 Å². The van der Waals surface area contributed by atoms with Gasteiger partial charge in [0.25, 0.3) is 0 Å². The molecule has 0 bridgehead atoms. The van der Waals surface area contributed by atoms with E-state index in [-0.39, 0.29) is 5.97 Å². The summed E-state index contributed by atoms with van der Waals surface area (Å²) in [7, 11) is 0. The Morgan fingerprint density at radius 3 is 2.88 bits per heavy atom. The first kappa shape index (κ1) is 12.6. The summed E-state index contributed by atoms with van der Waals surface area (Å²) in [5.74, 6) is -0.131. The molecular formula is C13H19NO2. The minimum Gasteiger partial charge on any atom is -0.466 e. The van der Waals surface area contributed by atoms with Crippen molar-refractivity contribution in [3.8, 4) is 0 Å². The molecule has 1 rings (SSSR count). The van der Waals surface area contributed by atoms with E-state index in [1.807, 2.05) is 26.0 Å². The Bertz CT molecular complexity index is 361. The number of carbonyl (C=O) groups is 1. The molecule has 0 aromatic heterocycles. The lowest BCUT2D eigenvalue weighted by Gasteiger charge is -2.06. The van der Waals surface area contributed by atoms with E-state index in [1.54, 1.807) is 0 Å². The van der Waals surface area contributed by atoms with Crippen molar-refractivity contribution in [2.45, 2.75) is 33.1 Å². The van der Waals surface area contributed by atoms with E-state index in [0.717, 1.165) is 24.1 Å². The lowest BCUT2D eigenvalue weighted by molar-refractivity contribution is -0.143. The maximum Gasteiger partial charge on any atom is 0.305 e.